The van der Waals surface area contributed by atoms with Crippen molar-refractivity contribution in [2.45, 2.75) is 65.2 Å². The van der Waals surface area contributed by atoms with E-state index in [4.69, 9.17) is 5.73 Å². The van der Waals surface area contributed by atoms with E-state index in [1.165, 1.54) is 6.92 Å². The van der Waals surface area contributed by atoms with E-state index in [0.717, 1.165) is 6.42 Å². The van der Waals surface area contributed by atoms with Gasteiger partial charge in [-0.2, -0.15) is 13.2 Å². The topological polar surface area (TPSA) is 55.1 Å². The Labute approximate surface area is 118 Å². The summed E-state index contributed by atoms with van der Waals surface area (Å²) in [5, 5.41) is 2.50. The van der Waals surface area contributed by atoms with Gasteiger partial charge in [0.1, 0.15) is 0 Å². The Morgan fingerprint density at radius 1 is 1.40 bits per heavy atom. The zero-order chi connectivity index (χ0) is 15.7. The lowest BCUT2D eigenvalue weighted by atomic mass is 9.61. The first-order valence-corrected chi connectivity index (χ1v) is 7.08. The molecule has 3 nitrogen and oxygen atoms in total. The first kappa shape index (κ1) is 17.3. The van der Waals surface area contributed by atoms with Crippen LogP contribution < -0.4 is 11.1 Å². The summed E-state index contributed by atoms with van der Waals surface area (Å²) < 4.78 is 36.9. The van der Waals surface area contributed by atoms with Gasteiger partial charge in [0.15, 0.2) is 0 Å². The quantitative estimate of drug-likeness (QED) is 0.841. The van der Waals surface area contributed by atoms with Gasteiger partial charge in [-0.3, -0.25) is 4.79 Å². The van der Waals surface area contributed by atoms with Crippen molar-refractivity contribution in [3.8, 4) is 0 Å². The fourth-order valence-electron chi connectivity index (χ4n) is 3.06. The van der Waals surface area contributed by atoms with Gasteiger partial charge in [-0.15, -0.1) is 0 Å². The normalized spacial score (nSPS) is 31.7. The standard InChI is InChI=1S/C14H25F3N2O/c1-8(7-14(15,16)17)19-12(20)10-5-6-11(18)9(2)13(10,3)4/h8-11H,5-7,18H2,1-4H3,(H,19,20). The Balaban J connectivity index is 2.68. The number of amides is 1. The van der Waals surface area contributed by atoms with Gasteiger partial charge in [-0.05, 0) is 31.1 Å². The van der Waals surface area contributed by atoms with Crippen molar-refractivity contribution in [3.05, 3.63) is 0 Å². The largest absolute Gasteiger partial charge is 0.391 e. The Morgan fingerprint density at radius 2 is 1.95 bits per heavy atom. The van der Waals surface area contributed by atoms with Crippen LogP contribution in [0.2, 0.25) is 0 Å². The molecule has 0 radical (unpaired) electrons. The van der Waals surface area contributed by atoms with Gasteiger partial charge in [0.25, 0.3) is 0 Å². The molecule has 0 spiro atoms. The molecule has 1 fully saturated rings. The summed E-state index contributed by atoms with van der Waals surface area (Å²) >= 11 is 0. The van der Waals surface area contributed by atoms with E-state index >= 15 is 0 Å². The fourth-order valence-corrected chi connectivity index (χ4v) is 3.06. The van der Waals surface area contributed by atoms with Gasteiger partial charge < -0.3 is 11.1 Å². The highest BCUT2D eigenvalue weighted by Crippen LogP contribution is 2.44. The van der Waals surface area contributed by atoms with Crippen molar-refractivity contribution >= 4 is 5.91 Å². The molecular weight excluding hydrogens is 269 g/mol. The van der Waals surface area contributed by atoms with Crippen LogP contribution in [0.1, 0.15) is 47.0 Å². The number of rotatable bonds is 3. The van der Waals surface area contributed by atoms with Crippen molar-refractivity contribution in [2.75, 3.05) is 0 Å². The number of carbonyl (C=O) groups is 1. The minimum absolute atomic E-state index is 0.0432. The molecule has 0 aliphatic heterocycles. The lowest BCUT2D eigenvalue weighted by Crippen LogP contribution is -2.52. The van der Waals surface area contributed by atoms with Crippen molar-refractivity contribution in [1.29, 1.82) is 0 Å². The van der Waals surface area contributed by atoms with E-state index in [1.807, 2.05) is 20.8 Å². The Hall–Kier alpha value is -0.780. The van der Waals surface area contributed by atoms with E-state index < -0.39 is 18.6 Å². The highest BCUT2D eigenvalue weighted by Gasteiger charge is 2.45. The van der Waals surface area contributed by atoms with E-state index in [1.54, 1.807) is 0 Å². The monoisotopic (exact) mass is 294 g/mol. The number of nitrogens with two attached hydrogens (primary N) is 1. The van der Waals surface area contributed by atoms with E-state index in [0.29, 0.717) is 6.42 Å². The molecule has 0 aromatic rings. The average Bonchev–Trinajstić information content (AvgIpc) is 2.22. The van der Waals surface area contributed by atoms with Gasteiger partial charge in [0, 0.05) is 18.0 Å². The van der Waals surface area contributed by atoms with Gasteiger partial charge in [0.05, 0.1) is 6.42 Å². The molecule has 118 valence electrons. The lowest BCUT2D eigenvalue weighted by molar-refractivity contribution is -0.144. The maximum atomic E-state index is 12.3. The zero-order valence-electron chi connectivity index (χ0n) is 12.6. The van der Waals surface area contributed by atoms with E-state index in [2.05, 4.69) is 5.32 Å². The third-order valence-electron chi connectivity index (χ3n) is 4.75. The first-order valence-electron chi connectivity index (χ1n) is 7.08. The molecule has 0 bridgehead atoms. The fraction of sp³-hybridized carbons (Fsp3) is 0.929. The molecule has 1 rings (SSSR count). The smallest absolute Gasteiger partial charge is 0.353 e. The molecule has 6 heteroatoms. The van der Waals surface area contributed by atoms with Gasteiger partial charge in [-0.25, -0.2) is 0 Å². The summed E-state index contributed by atoms with van der Waals surface area (Å²) in [6.45, 7) is 7.32. The SMILES string of the molecule is CC(CC(F)(F)F)NC(=O)C1CCC(N)C(C)C1(C)C. The van der Waals surface area contributed by atoms with Crippen LogP contribution in [0, 0.1) is 17.3 Å². The van der Waals surface area contributed by atoms with Gasteiger partial charge >= 0.3 is 6.18 Å². The molecule has 0 heterocycles. The number of carbonyl (C=O) groups excluding carboxylic acids is 1. The first-order chi connectivity index (χ1) is 8.95. The second-order valence-corrected chi connectivity index (χ2v) is 6.63. The van der Waals surface area contributed by atoms with Crippen LogP contribution in [0.4, 0.5) is 13.2 Å². The number of alkyl halides is 3. The van der Waals surface area contributed by atoms with Crippen LogP contribution in [0.15, 0.2) is 0 Å². The predicted octanol–water partition coefficient (Wildman–Crippen LogP) is 2.84. The van der Waals surface area contributed by atoms with E-state index in [9.17, 15) is 18.0 Å². The molecule has 20 heavy (non-hydrogen) atoms. The summed E-state index contributed by atoms with van der Waals surface area (Å²) in [7, 11) is 0. The van der Waals surface area contributed by atoms with Crippen LogP contribution in [0.3, 0.4) is 0 Å². The number of halogens is 3. The van der Waals surface area contributed by atoms with Crippen LogP contribution in [0.5, 0.6) is 0 Å². The third kappa shape index (κ3) is 4.11. The summed E-state index contributed by atoms with van der Waals surface area (Å²) in [6.07, 6.45) is -3.90. The van der Waals surface area contributed by atoms with Crippen LogP contribution in [-0.2, 0) is 4.79 Å². The van der Waals surface area contributed by atoms with Crippen molar-refractivity contribution in [3.63, 3.8) is 0 Å². The second-order valence-electron chi connectivity index (χ2n) is 6.63. The summed E-state index contributed by atoms with van der Waals surface area (Å²) in [4.78, 5) is 12.2. The maximum Gasteiger partial charge on any atom is 0.391 e. The summed E-state index contributed by atoms with van der Waals surface area (Å²) in [5.41, 5.74) is 5.71. The minimum Gasteiger partial charge on any atom is -0.353 e. The number of nitrogens with one attached hydrogen (secondary N) is 1. The molecule has 1 amide bonds. The van der Waals surface area contributed by atoms with Crippen molar-refractivity contribution < 1.29 is 18.0 Å². The average molecular weight is 294 g/mol. The molecule has 3 N–H and O–H groups in total. The maximum absolute atomic E-state index is 12.3. The Kier molecular flexibility index (Phi) is 5.11. The van der Waals surface area contributed by atoms with Crippen molar-refractivity contribution in [1.82, 2.24) is 5.32 Å². The molecule has 4 atom stereocenters. The molecular formula is C14H25F3N2O. The molecule has 1 saturated carbocycles. The minimum atomic E-state index is -4.26. The zero-order valence-corrected chi connectivity index (χ0v) is 12.6. The molecule has 1 aliphatic rings. The van der Waals surface area contributed by atoms with Crippen LogP contribution in [-0.4, -0.2) is 24.2 Å². The number of hydrogen-bond acceptors (Lipinski definition) is 2. The Morgan fingerprint density at radius 3 is 2.45 bits per heavy atom. The summed E-state index contributed by atoms with van der Waals surface area (Å²) in [6, 6.07) is -0.856. The Bertz CT molecular complexity index is 355. The second kappa shape index (κ2) is 5.92. The van der Waals surface area contributed by atoms with Crippen molar-refractivity contribution in [2.24, 2.45) is 23.0 Å². The van der Waals surface area contributed by atoms with Crippen LogP contribution in [0.25, 0.3) is 0 Å². The highest BCUT2D eigenvalue weighted by molar-refractivity contribution is 5.80. The molecule has 0 saturated heterocycles. The highest BCUT2D eigenvalue weighted by atomic mass is 19.4. The molecule has 0 aromatic carbocycles. The predicted molar refractivity (Wildman–Crippen MR) is 71.9 cm³/mol. The van der Waals surface area contributed by atoms with Gasteiger partial charge in [0.2, 0.25) is 5.91 Å². The lowest BCUT2D eigenvalue weighted by Gasteiger charge is -2.46. The van der Waals surface area contributed by atoms with Crippen LogP contribution >= 0.6 is 0 Å². The molecule has 0 aromatic heterocycles. The molecule has 4 unspecified atom stereocenters. The summed E-state index contributed by atoms with van der Waals surface area (Å²) in [5.74, 6) is -0.414. The van der Waals surface area contributed by atoms with E-state index in [-0.39, 0.29) is 29.2 Å². The molecule has 1 aliphatic carbocycles. The van der Waals surface area contributed by atoms with Gasteiger partial charge in [-0.1, -0.05) is 20.8 Å². The third-order valence-corrected chi connectivity index (χ3v) is 4.75. The number of hydrogen-bond donors (Lipinski definition) is 2.